The van der Waals surface area contributed by atoms with Crippen molar-refractivity contribution < 1.29 is 14.5 Å². The molecule has 0 spiro atoms. The molecule has 156 valence electrons. The van der Waals surface area contributed by atoms with Crippen LogP contribution in [-0.4, -0.2) is 16.7 Å². The largest absolute Gasteiger partial charge is 0.321 e. The van der Waals surface area contributed by atoms with Crippen molar-refractivity contribution in [2.24, 2.45) is 0 Å². The van der Waals surface area contributed by atoms with Gasteiger partial charge < -0.3 is 10.6 Å². The van der Waals surface area contributed by atoms with E-state index in [0.717, 1.165) is 11.1 Å². The third-order valence-electron chi connectivity index (χ3n) is 4.50. The summed E-state index contributed by atoms with van der Waals surface area (Å²) in [6.07, 6.45) is 1.47. The minimum Gasteiger partial charge on any atom is -0.321 e. The van der Waals surface area contributed by atoms with Crippen LogP contribution < -0.4 is 10.6 Å². The zero-order valence-electron chi connectivity index (χ0n) is 17.1. The average molecular weight is 415 g/mol. The molecule has 0 aliphatic heterocycles. The van der Waals surface area contributed by atoms with Gasteiger partial charge >= 0.3 is 0 Å². The molecule has 0 aliphatic carbocycles. The quantitative estimate of drug-likeness (QED) is 0.348. The van der Waals surface area contributed by atoms with Gasteiger partial charge in [-0.2, -0.15) is 0 Å². The Balaban J connectivity index is 1.90. The van der Waals surface area contributed by atoms with Crippen molar-refractivity contribution in [1.29, 1.82) is 0 Å². The van der Waals surface area contributed by atoms with Crippen LogP contribution in [-0.2, 0) is 4.79 Å². The molecule has 0 unspecified atom stereocenters. The van der Waals surface area contributed by atoms with Gasteiger partial charge in [-0.15, -0.1) is 0 Å². The zero-order valence-corrected chi connectivity index (χ0v) is 17.1. The van der Waals surface area contributed by atoms with Gasteiger partial charge in [0, 0.05) is 23.4 Å². The maximum Gasteiger partial charge on any atom is 0.272 e. The maximum atomic E-state index is 12.9. The van der Waals surface area contributed by atoms with Gasteiger partial charge in [-0.25, -0.2) is 0 Å². The van der Waals surface area contributed by atoms with Gasteiger partial charge in [0.15, 0.2) is 0 Å². The van der Waals surface area contributed by atoms with Gasteiger partial charge in [0.2, 0.25) is 0 Å². The number of nitro groups is 1. The molecule has 0 aromatic heterocycles. The number of carbonyl (C=O) groups excluding carboxylic acids is 2. The summed E-state index contributed by atoms with van der Waals surface area (Å²) in [5.74, 6) is -0.945. The Bertz CT molecular complexity index is 1150. The fraction of sp³-hybridized carbons (Fsp3) is 0.0833. The predicted octanol–water partition coefficient (Wildman–Crippen LogP) is 4.62. The smallest absolute Gasteiger partial charge is 0.272 e. The fourth-order valence-corrected chi connectivity index (χ4v) is 2.83. The predicted molar refractivity (Wildman–Crippen MR) is 120 cm³/mol. The molecule has 0 saturated carbocycles. The number of amides is 2. The lowest BCUT2D eigenvalue weighted by molar-refractivity contribution is -0.384. The average Bonchev–Trinajstić information content (AvgIpc) is 2.75. The second-order valence-electron chi connectivity index (χ2n) is 7.05. The lowest BCUT2D eigenvalue weighted by Crippen LogP contribution is -2.30. The first kappa shape index (κ1) is 21.4. The Morgan fingerprint density at radius 3 is 2.19 bits per heavy atom. The number of rotatable bonds is 6. The summed E-state index contributed by atoms with van der Waals surface area (Å²) < 4.78 is 0. The third-order valence-corrected chi connectivity index (χ3v) is 4.50. The highest BCUT2D eigenvalue weighted by Crippen LogP contribution is 2.16. The number of hydrogen-bond donors (Lipinski definition) is 2. The molecule has 0 aliphatic rings. The number of nitrogens with zero attached hydrogens (tertiary/aromatic N) is 1. The minimum absolute atomic E-state index is 0.0148. The zero-order chi connectivity index (χ0) is 22.4. The van der Waals surface area contributed by atoms with Crippen LogP contribution in [0.2, 0.25) is 0 Å². The topological polar surface area (TPSA) is 101 Å². The van der Waals surface area contributed by atoms with Crippen LogP contribution in [0.1, 0.15) is 27.0 Å². The number of non-ortho nitro benzene ring substituents is 1. The Labute approximate surface area is 179 Å². The number of hydrogen-bond acceptors (Lipinski definition) is 4. The van der Waals surface area contributed by atoms with Gasteiger partial charge in [0.25, 0.3) is 17.5 Å². The van der Waals surface area contributed by atoms with Crippen LogP contribution in [0, 0.1) is 24.0 Å². The van der Waals surface area contributed by atoms with Gasteiger partial charge in [-0.1, -0.05) is 35.4 Å². The molecule has 3 rings (SSSR count). The second-order valence-corrected chi connectivity index (χ2v) is 7.05. The normalized spacial score (nSPS) is 11.0. The molecule has 7 heteroatoms. The molecule has 0 atom stereocenters. The summed E-state index contributed by atoms with van der Waals surface area (Å²) in [7, 11) is 0. The molecule has 7 nitrogen and oxygen atoms in total. The van der Waals surface area contributed by atoms with Gasteiger partial charge in [0.1, 0.15) is 5.70 Å². The summed E-state index contributed by atoms with van der Waals surface area (Å²) >= 11 is 0. The van der Waals surface area contributed by atoms with E-state index < -0.39 is 16.7 Å². The van der Waals surface area contributed by atoms with Crippen molar-refractivity contribution in [2.45, 2.75) is 13.8 Å². The van der Waals surface area contributed by atoms with Crippen LogP contribution in [0.25, 0.3) is 6.08 Å². The van der Waals surface area contributed by atoms with E-state index >= 15 is 0 Å². The molecular formula is C24H21N3O4. The van der Waals surface area contributed by atoms with E-state index in [-0.39, 0.29) is 11.4 Å². The van der Waals surface area contributed by atoms with Crippen molar-refractivity contribution in [3.8, 4) is 0 Å². The first-order valence-electron chi connectivity index (χ1n) is 9.54. The lowest BCUT2D eigenvalue weighted by atomic mass is 10.1. The molecule has 0 saturated heterocycles. The van der Waals surface area contributed by atoms with Crippen molar-refractivity contribution in [3.63, 3.8) is 0 Å². The van der Waals surface area contributed by atoms with E-state index in [9.17, 15) is 19.7 Å². The number of anilines is 1. The SMILES string of the molecule is Cc1ccc(NC(=O)/C(=C/c2ccc([N+](=O)[O-])cc2)NC(=O)c2cccc(C)c2)cc1. The highest BCUT2D eigenvalue weighted by Gasteiger charge is 2.15. The summed E-state index contributed by atoms with van der Waals surface area (Å²) in [4.78, 5) is 36.0. The number of nitro benzene ring substituents is 1. The Morgan fingerprint density at radius 2 is 1.58 bits per heavy atom. The van der Waals surface area contributed by atoms with Crippen LogP contribution in [0.5, 0.6) is 0 Å². The maximum absolute atomic E-state index is 12.9. The fourth-order valence-electron chi connectivity index (χ4n) is 2.83. The third kappa shape index (κ3) is 5.86. The van der Waals surface area contributed by atoms with Gasteiger partial charge in [0.05, 0.1) is 4.92 Å². The number of aryl methyl sites for hydroxylation is 2. The Morgan fingerprint density at radius 1 is 0.903 bits per heavy atom. The number of benzene rings is 3. The van der Waals surface area contributed by atoms with E-state index in [0.29, 0.717) is 16.8 Å². The molecule has 2 amide bonds. The van der Waals surface area contributed by atoms with E-state index in [4.69, 9.17) is 0 Å². The van der Waals surface area contributed by atoms with E-state index in [1.807, 2.05) is 32.0 Å². The number of nitrogens with one attached hydrogen (secondary N) is 2. The van der Waals surface area contributed by atoms with E-state index in [1.165, 1.54) is 30.3 Å². The van der Waals surface area contributed by atoms with Crippen LogP contribution in [0.4, 0.5) is 11.4 Å². The molecule has 0 fully saturated rings. The summed E-state index contributed by atoms with van der Waals surface area (Å²) in [6, 6.07) is 19.9. The van der Waals surface area contributed by atoms with Crippen molar-refractivity contribution in [2.75, 3.05) is 5.32 Å². The van der Waals surface area contributed by atoms with Gasteiger partial charge in [-0.05, 0) is 61.9 Å². The standard InChI is InChI=1S/C24H21N3O4/c1-16-6-10-20(11-7-16)25-24(29)22(15-18-8-12-21(13-9-18)27(30)31)26-23(28)19-5-3-4-17(2)14-19/h3-15H,1-2H3,(H,25,29)(H,26,28)/b22-15-. The molecule has 0 bridgehead atoms. The van der Waals surface area contributed by atoms with Crippen molar-refractivity contribution in [1.82, 2.24) is 5.32 Å². The molecule has 0 heterocycles. The first-order valence-corrected chi connectivity index (χ1v) is 9.54. The molecule has 31 heavy (non-hydrogen) atoms. The molecule has 0 radical (unpaired) electrons. The number of carbonyl (C=O) groups is 2. The van der Waals surface area contributed by atoms with Crippen molar-refractivity contribution >= 4 is 29.3 Å². The van der Waals surface area contributed by atoms with Crippen LogP contribution in [0.3, 0.4) is 0 Å². The van der Waals surface area contributed by atoms with Crippen LogP contribution in [0.15, 0.2) is 78.5 Å². The van der Waals surface area contributed by atoms with Crippen molar-refractivity contribution in [3.05, 3.63) is 111 Å². The van der Waals surface area contributed by atoms with Crippen LogP contribution >= 0.6 is 0 Å². The lowest BCUT2D eigenvalue weighted by Gasteiger charge is -2.12. The Hall–Kier alpha value is -4.26. The van der Waals surface area contributed by atoms with E-state index in [1.54, 1.807) is 30.3 Å². The van der Waals surface area contributed by atoms with Gasteiger partial charge in [-0.3, -0.25) is 19.7 Å². The second kappa shape index (κ2) is 9.49. The monoisotopic (exact) mass is 415 g/mol. The molecule has 3 aromatic rings. The van der Waals surface area contributed by atoms with E-state index in [2.05, 4.69) is 10.6 Å². The summed E-state index contributed by atoms with van der Waals surface area (Å²) in [5, 5.41) is 16.3. The Kier molecular flexibility index (Phi) is 6.57. The molecule has 3 aromatic carbocycles. The first-order chi connectivity index (χ1) is 14.8. The highest BCUT2D eigenvalue weighted by molar-refractivity contribution is 6.10. The highest BCUT2D eigenvalue weighted by atomic mass is 16.6. The summed E-state index contributed by atoms with van der Waals surface area (Å²) in [5.41, 5.74) is 3.44. The minimum atomic E-state index is -0.511. The molecular weight excluding hydrogens is 394 g/mol. The summed E-state index contributed by atoms with van der Waals surface area (Å²) in [6.45, 7) is 3.81. The molecule has 2 N–H and O–H groups in total.